The standard InChI is InChI=1S/C9H12F3NO3/c1-13(6(14)9(10,11)12)8(7(15)16)4-2-3-5-8/h2-5H2,1H3,(H,15,16). The largest absolute Gasteiger partial charge is 0.479 e. The normalized spacial score (nSPS) is 19.5. The Morgan fingerprint density at radius 2 is 1.69 bits per heavy atom. The second-order valence-electron chi connectivity index (χ2n) is 3.91. The molecule has 0 unspecified atom stereocenters. The van der Waals surface area contributed by atoms with Crippen molar-refractivity contribution in [2.24, 2.45) is 0 Å². The van der Waals surface area contributed by atoms with E-state index in [-0.39, 0.29) is 12.8 Å². The maximum absolute atomic E-state index is 12.2. The van der Waals surface area contributed by atoms with Gasteiger partial charge in [0.05, 0.1) is 0 Å². The topological polar surface area (TPSA) is 57.6 Å². The predicted octanol–water partition coefficient (Wildman–Crippen LogP) is 1.40. The van der Waals surface area contributed by atoms with Gasteiger partial charge in [0.15, 0.2) is 0 Å². The van der Waals surface area contributed by atoms with Crippen molar-refractivity contribution in [1.29, 1.82) is 0 Å². The minimum Gasteiger partial charge on any atom is -0.479 e. The number of carboxylic acid groups (broad SMARTS) is 1. The van der Waals surface area contributed by atoms with Gasteiger partial charge in [-0.1, -0.05) is 12.8 Å². The molecule has 92 valence electrons. The van der Waals surface area contributed by atoms with Gasteiger partial charge in [-0.25, -0.2) is 4.79 Å². The Kier molecular flexibility index (Phi) is 3.16. The first-order valence-electron chi connectivity index (χ1n) is 4.80. The number of carbonyl (C=O) groups excluding carboxylic acids is 1. The Balaban J connectivity index is 2.97. The summed E-state index contributed by atoms with van der Waals surface area (Å²) in [5.74, 6) is -3.47. The molecule has 16 heavy (non-hydrogen) atoms. The van der Waals surface area contributed by atoms with E-state index in [2.05, 4.69) is 0 Å². The molecule has 1 rings (SSSR count). The third-order valence-electron chi connectivity index (χ3n) is 3.02. The summed E-state index contributed by atoms with van der Waals surface area (Å²) in [6, 6.07) is 0. The lowest BCUT2D eigenvalue weighted by molar-refractivity contribution is -0.192. The molecule has 1 saturated carbocycles. The van der Waals surface area contributed by atoms with E-state index < -0.39 is 23.6 Å². The Bertz CT molecular complexity index is 308. The molecule has 1 aliphatic carbocycles. The number of carbonyl (C=O) groups is 2. The number of likely N-dealkylation sites (N-methyl/N-ethyl adjacent to an activating group) is 1. The lowest BCUT2D eigenvalue weighted by atomic mass is 9.95. The van der Waals surface area contributed by atoms with Gasteiger partial charge in [0.2, 0.25) is 0 Å². The zero-order valence-corrected chi connectivity index (χ0v) is 8.67. The molecule has 1 fully saturated rings. The molecule has 0 spiro atoms. The zero-order valence-electron chi connectivity index (χ0n) is 8.67. The van der Waals surface area contributed by atoms with Crippen molar-refractivity contribution in [3.63, 3.8) is 0 Å². The summed E-state index contributed by atoms with van der Waals surface area (Å²) in [4.78, 5) is 22.4. The minimum absolute atomic E-state index is 0.0701. The highest BCUT2D eigenvalue weighted by molar-refractivity contribution is 5.89. The second-order valence-corrected chi connectivity index (χ2v) is 3.91. The van der Waals surface area contributed by atoms with Crippen molar-refractivity contribution in [2.45, 2.75) is 37.4 Å². The van der Waals surface area contributed by atoms with Crippen LogP contribution in [-0.2, 0) is 9.59 Å². The quantitative estimate of drug-likeness (QED) is 0.792. The molecule has 7 heteroatoms. The molecule has 0 aromatic heterocycles. The van der Waals surface area contributed by atoms with Crippen LogP contribution in [0.4, 0.5) is 13.2 Å². The molecule has 0 heterocycles. The monoisotopic (exact) mass is 239 g/mol. The van der Waals surface area contributed by atoms with Gasteiger partial charge in [-0.05, 0) is 12.8 Å². The highest BCUT2D eigenvalue weighted by atomic mass is 19.4. The van der Waals surface area contributed by atoms with Crippen LogP contribution in [-0.4, -0.2) is 40.6 Å². The number of hydrogen-bond donors (Lipinski definition) is 1. The van der Waals surface area contributed by atoms with Crippen LogP contribution in [0.25, 0.3) is 0 Å². The van der Waals surface area contributed by atoms with Crippen LogP contribution in [0.3, 0.4) is 0 Å². The molecule has 0 atom stereocenters. The number of amides is 1. The Hall–Kier alpha value is -1.27. The summed E-state index contributed by atoms with van der Waals surface area (Å²) in [5.41, 5.74) is -1.69. The van der Waals surface area contributed by atoms with Gasteiger partial charge in [-0.3, -0.25) is 4.79 Å². The average molecular weight is 239 g/mol. The Labute approximate surface area is 90.0 Å². The summed E-state index contributed by atoms with van der Waals surface area (Å²) < 4.78 is 36.6. The van der Waals surface area contributed by atoms with Crippen LogP contribution in [0.1, 0.15) is 25.7 Å². The third kappa shape index (κ3) is 1.98. The number of rotatable bonds is 2. The summed E-state index contributed by atoms with van der Waals surface area (Å²) in [6.07, 6.45) is -3.86. The fraction of sp³-hybridized carbons (Fsp3) is 0.778. The summed E-state index contributed by atoms with van der Waals surface area (Å²) in [5, 5.41) is 8.99. The molecule has 1 aliphatic rings. The summed E-state index contributed by atoms with van der Waals surface area (Å²) in [6.45, 7) is 0. The van der Waals surface area contributed by atoms with Crippen LogP contribution >= 0.6 is 0 Å². The van der Waals surface area contributed by atoms with Crippen molar-refractivity contribution in [3.05, 3.63) is 0 Å². The van der Waals surface area contributed by atoms with Crippen molar-refractivity contribution in [1.82, 2.24) is 4.90 Å². The van der Waals surface area contributed by atoms with Gasteiger partial charge in [0.25, 0.3) is 0 Å². The maximum Gasteiger partial charge on any atom is 0.471 e. The number of alkyl halides is 3. The second kappa shape index (κ2) is 3.95. The molecule has 0 aromatic rings. The van der Waals surface area contributed by atoms with Crippen LogP contribution in [0.15, 0.2) is 0 Å². The number of carboxylic acids is 1. The van der Waals surface area contributed by atoms with Crippen LogP contribution in [0.2, 0.25) is 0 Å². The third-order valence-corrected chi connectivity index (χ3v) is 3.02. The van der Waals surface area contributed by atoms with Gasteiger partial charge in [0, 0.05) is 7.05 Å². The fourth-order valence-electron chi connectivity index (χ4n) is 2.04. The smallest absolute Gasteiger partial charge is 0.471 e. The van der Waals surface area contributed by atoms with Gasteiger partial charge in [-0.15, -0.1) is 0 Å². The van der Waals surface area contributed by atoms with Crippen molar-refractivity contribution >= 4 is 11.9 Å². The van der Waals surface area contributed by atoms with E-state index >= 15 is 0 Å². The van der Waals surface area contributed by atoms with Crippen molar-refractivity contribution in [2.75, 3.05) is 7.05 Å². The molecule has 0 radical (unpaired) electrons. The van der Waals surface area contributed by atoms with Crippen LogP contribution in [0, 0.1) is 0 Å². The van der Waals surface area contributed by atoms with E-state index in [0.717, 1.165) is 7.05 Å². The lowest BCUT2D eigenvalue weighted by Gasteiger charge is -2.35. The zero-order chi connectivity index (χ0) is 12.6. The van der Waals surface area contributed by atoms with E-state index in [9.17, 15) is 22.8 Å². The Morgan fingerprint density at radius 3 is 2.00 bits per heavy atom. The summed E-state index contributed by atoms with van der Waals surface area (Å²) >= 11 is 0. The van der Waals surface area contributed by atoms with E-state index in [1.165, 1.54) is 0 Å². The highest BCUT2D eigenvalue weighted by Gasteiger charge is 2.53. The molecular formula is C9H12F3NO3. The van der Waals surface area contributed by atoms with Crippen molar-refractivity contribution < 1.29 is 27.9 Å². The lowest BCUT2D eigenvalue weighted by Crippen LogP contribution is -2.56. The molecular weight excluding hydrogens is 227 g/mol. The fourth-order valence-corrected chi connectivity index (χ4v) is 2.04. The Morgan fingerprint density at radius 1 is 1.25 bits per heavy atom. The molecule has 0 bridgehead atoms. The molecule has 0 aromatic carbocycles. The van der Waals surface area contributed by atoms with E-state index in [1.54, 1.807) is 0 Å². The molecule has 1 N–H and O–H groups in total. The van der Waals surface area contributed by atoms with Gasteiger partial charge < -0.3 is 10.0 Å². The van der Waals surface area contributed by atoms with Crippen LogP contribution < -0.4 is 0 Å². The van der Waals surface area contributed by atoms with Gasteiger partial charge in [0.1, 0.15) is 5.54 Å². The highest BCUT2D eigenvalue weighted by Crippen LogP contribution is 2.36. The van der Waals surface area contributed by atoms with Crippen LogP contribution in [0.5, 0.6) is 0 Å². The maximum atomic E-state index is 12.2. The average Bonchev–Trinajstić information content (AvgIpc) is 2.63. The number of nitrogens with zero attached hydrogens (tertiary/aromatic N) is 1. The SMILES string of the molecule is CN(C(=O)C(F)(F)F)C1(C(=O)O)CCCC1. The number of hydrogen-bond acceptors (Lipinski definition) is 2. The number of aliphatic carboxylic acids is 1. The summed E-state index contributed by atoms with van der Waals surface area (Å²) in [7, 11) is 0.898. The van der Waals surface area contributed by atoms with Gasteiger partial charge in [-0.2, -0.15) is 13.2 Å². The first-order chi connectivity index (χ1) is 7.22. The minimum atomic E-state index is -5.03. The van der Waals surface area contributed by atoms with Gasteiger partial charge >= 0.3 is 18.1 Å². The van der Waals surface area contributed by atoms with Crippen molar-refractivity contribution in [3.8, 4) is 0 Å². The first-order valence-corrected chi connectivity index (χ1v) is 4.80. The molecule has 0 aliphatic heterocycles. The first kappa shape index (κ1) is 12.8. The molecule has 4 nitrogen and oxygen atoms in total. The number of halogens is 3. The molecule has 0 saturated heterocycles. The van der Waals surface area contributed by atoms with E-state index in [1.807, 2.05) is 0 Å². The van der Waals surface area contributed by atoms with E-state index in [0.29, 0.717) is 17.7 Å². The predicted molar refractivity (Wildman–Crippen MR) is 47.7 cm³/mol. The van der Waals surface area contributed by atoms with E-state index in [4.69, 9.17) is 5.11 Å². The molecule has 1 amide bonds.